The lowest BCUT2D eigenvalue weighted by atomic mass is 10.1. The number of aromatic nitrogens is 2. The van der Waals surface area contributed by atoms with Crippen molar-refractivity contribution in [2.24, 2.45) is 0 Å². The second-order valence-corrected chi connectivity index (χ2v) is 7.20. The molecule has 2 heterocycles. The van der Waals surface area contributed by atoms with Crippen LogP contribution in [0.4, 0.5) is 0 Å². The minimum Gasteiger partial charge on any atom is -0.383 e. The summed E-state index contributed by atoms with van der Waals surface area (Å²) in [7, 11) is 3.88. The van der Waals surface area contributed by atoms with Crippen molar-refractivity contribution in [3.8, 4) is 12.1 Å². The number of nitrogens with zero attached hydrogens (tertiary/aromatic N) is 5. The van der Waals surface area contributed by atoms with Gasteiger partial charge in [-0.1, -0.05) is 0 Å². The third kappa shape index (κ3) is 6.06. The highest BCUT2D eigenvalue weighted by molar-refractivity contribution is 14.1. The van der Waals surface area contributed by atoms with Crippen molar-refractivity contribution >= 4 is 51.3 Å². The number of halogens is 2. The second kappa shape index (κ2) is 10.2. The molecule has 0 aromatic carbocycles. The molecule has 0 aliphatic rings. The van der Waals surface area contributed by atoms with Crippen LogP contribution in [0.1, 0.15) is 22.3 Å². The molecular weight excluding hydrogens is 528 g/mol. The van der Waals surface area contributed by atoms with Gasteiger partial charge in [0, 0.05) is 51.6 Å². The van der Waals surface area contributed by atoms with Gasteiger partial charge in [0.2, 0.25) is 0 Å². The van der Waals surface area contributed by atoms with E-state index in [1.165, 1.54) is 0 Å². The fraction of sp³-hybridized carbons (Fsp3) is 0.176. The first kappa shape index (κ1) is 20.3. The maximum Gasteiger partial charge on any atom is 0.101 e. The molecule has 0 amide bonds. The zero-order chi connectivity index (χ0) is 18.1. The van der Waals surface area contributed by atoms with Gasteiger partial charge in [-0.2, -0.15) is 10.5 Å². The summed E-state index contributed by atoms with van der Waals surface area (Å²) < 4.78 is 2.02. The van der Waals surface area contributed by atoms with Crippen molar-refractivity contribution in [2.45, 2.75) is 6.92 Å². The summed E-state index contributed by atoms with van der Waals surface area (Å²) in [5.41, 5.74) is 3.21. The molecule has 24 heavy (non-hydrogen) atoms. The zero-order valence-corrected chi connectivity index (χ0v) is 17.8. The smallest absolute Gasteiger partial charge is 0.101 e. The molecule has 0 bridgehead atoms. The fourth-order valence-corrected chi connectivity index (χ4v) is 2.62. The number of nitriles is 2. The molecule has 5 nitrogen and oxygen atoms in total. The molecule has 0 radical (unpaired) electrons. The Bertz CT molecular complexity index is 817. The Morgan fingerprint density at radius 1 is 0.958 bits per heavy atom. The number of rotatable bonds is 2. The van der Waals surface area contributed by atoms with E-state index in [4.69, 9.17) is 10.5 Å². The first-order valence-electron chi connectivity index (χ1n) is 6.79. The molecule has 0 saturated heterocycles. The molecule has 2 aromatic heterocycles. The highest BCUT2D eigenvalue weighted by Crippen LogP contribution is 2.16. The lowest BCUT2D eigenvalue weighted by Crippen LogP contribution is -2.00. The minimum absolute atomic E-state index is 0.606. The van der Waals surface area contributed by atoms with Gasteiger partial charge < -0.3 is 4.90 Å². The Balaban J connectivity index is 0.000000254. The van der Waals surface area contributed by atoms with Crippen LogP contribution in [-0.4, -0.2) is 29.0 Å². The van der Waals surface area contributed by atoms with Crippen LogP contribution < -0.4 is 0 Å². The summed E-state index contributed by atoms with van der Waals surface area (Å²) in [6, 6.07) is 4.19. The standard InChI is InChI=1S/C10H10IN3.C7H5IN2/c1-14(2)4-3-9-8(5-12)6-13-7-10(9)11;1-5-6(2-9)3-10-4-7(5)8/h3-4,6-7H,1-2H3;3-4H,1H3/b4-3+;. The highest BCUT2D eigenvalue weighted by atomic mass is 127. The van der Waals surface area contributed by atoms with Crippen LogP contribution in [0.25, 0.3) is 6.08 Å². The van der Waals surface area contributed by atoms with E-state index in [9.17, 15) is 0 Å². The third-order valence-electron chi connectivity index (χ3n) is 2.87. The van der Waals surface area contributed by atoms with Gasteiger partial charge in [-0.3, -0.25) is 9.97 Å². The predicted molar refractivity (Wildman–Crippen MR) is 111 cm³/mol. The average molecular weight is 543 g/mol. The van der Waals surface area contributed by atoms with Crippen LogP contribution in [0.5, 0.6) is 0 Å². The normalized spacial score (nSPS) is 9.62. The lowest BCUT2D eigenvalue weighted by Gasteiger charge is -2.05. The van der Waals surface area contributed by atoms with Crippen LogP contribution >= 0.6 is 45.2 Å². The first-order valence-corrected chi connectivity index (χ1v) is 8.94. The van der Waals surface area contributed by atoms with Gasteiger partial charge in [-0.05, 0) is 69.9 Å². The molecule has 2 rings (SSSR count). The maximum absolute atomic E-state index is 8.87. The van der Waals surface area contributed by atoms with Gasteiger partial charge >= 0.3 is 0 Å². The van der Waals surface area contributed by atoms with Crippen molar-refractivity contribution in [1.29, 1.82) is 10.5 Å². The Hall–Kier alpha value is -1.72. The Kier molecular flexibility index (Phi) is 8.65. The van der Waals surface area contributed by atoms with E-state index in [1.807, 2.05) is 38.2 Å². The highest BCUT2D eigenvalue weighted by Gasteiger charge is 2.03. The molecule has 2 aromatic rings. The van der Waals surface area contributed by atoms with Gasteiger partial charge in [0.15, 0.2) is 0 Å². The first-order chi connectivity index (χ1) is 11.4. The van der Waals surface area contributed by atoms with Gasteiger partial charge in [-0.15, -0.1) is 0 Å². The second-order valence-electron chi connectivity index (χ2n) is 4.88. The molecule has 0 saturated carbocycles. The van der Waals surface area contributed by atoms with Crippen LogP contribution in [0.2, 0.25) is 0 Å². The molecule has 7 heteroatoms. The number of hydrogen-bond acceptors (Lipinski definition) is 5. The van der Waals surface area contributed by atoms with E-state index < -0.39 is 0 Å². The predicted octanol–water partition coefficient (Wildman–Crippen LogP) is 3.96. The third-order valence-corrected chi connectivity index (χ3v) is 4.82. The average Bonchev–Trinajstić information content (AvgIpc) is 2.56. The minimum atomic E-state index is 0.606. The van der Waals surface area contributed by atoms with E-state index in [-0.39, 0.29) is 0 Å². The van der Waals surface area contributed by atoms with E-state index in [2.05, 4.69) is 67.3 Å². The maximum atomic E-state index is 8.87. The molecule has 0 spiro atoms. The SMILES string of the molecule is CN(C)/C=C/c1c(I)cncc1C#N.Cc1c(I)cncc1C#N. The van der Waals surface area contributed by atoms with Crippen LogP contribution in [0, 0.1) is 36.7 Å². The Labute approximate surface area is 169 Å². The molecule has 0 N–H and O–H groups in total. The van der Waals surface area contributed by atoms with E-state index in [1.54, 1.807) is 24.8 Å². The summed E-state index contributed by atoms with van der Waals surface area (Å²) in [4.78, 5) is 9.78. The summed E-state index contributed by atoms with van der Waals surface area (Å²) in [6.45, 7) is 1.92. The molecule has 0 atom stereocenters. The van der Waals surface area contributed by atoms with Gasteiger partial charge in [-0.25, -0.2) is 0 Å². The van der Waals surface area contributed by atoms with Crippen molar-refractivity contribution in [3.63, 3.8) is 0 Å². The number of hydrogen-bond donors (Lipinski definition) is 0. The van der Waals surface area contributed by atoms with Crippen LogP contribution in [0.15, 0.2) is 31.0 Å². The van der Waals surface area contributed by atoms with Gasteiger partial charge in [0.05, 0.1) is 11.1 Å². The topological polar surface area (TPSA) is 76.6 Å². The lowest BCUT2D eigenvalue weighted by molar-refractivity contribution is 0.567. The molecule has 0 fully saturated rings. The monoisotopic (exact) mass is 543 g/mol. The summed E-state index contributed by atoms with van der Waals surface area (Å²) in [5, 5.41) is 17.4. The quantitative estimate of drug-likeness (QED) is 0.537. The molecule has 0 unspecified atom stereocenters. The van der Waals surface area contributed by atoms with Crippen molar-refractivity contribution in [2.75, 3.05) is 14.1 Å². The van der Waals surface area contributed by atoms with Gasteiger partial charge in [0.1, 0.15) is 12.1 Å². The summed E-state index contributed by atoms with van der Waals surface area (Å²) in [5.74, 6) is 0. The van der Waals surface area contributed by atoms with Crippen molar-refractivity contribution in [3.05, 3.63) is 60.4 Å². The Morgan fingerprint density at radius 2 is 1.50 bits per heavy atom. The van der Waals surface area contributed by atoms with Crippen molar-refractivity contribution in [1.82, 2.24) is 14.9 Å². The largest absolute Gasteiger partial charge is 0.383 e. The van der Waals surface area contributed by atoms with Crippen LogP contribution in [0.3, 0.4) is 0 Å². The summed E-state index contributed by atoms with van der Waals surface area (Å²) in [6.07, 6.45) is 10.5. The van der Waals surface area contributed by atoms with Crippen LogP contribution in [-0.2, 0) is 0 Å². The van der Waals surface area contributed by atoms with E-state index in [0.717, 1.165) is 18.3 Å². The molecule has 122 valence electrons. The zero-order valence-electron chi connectivity index (χ0n) is 13.5. The van der Waals surface area contributed by atoms with E-state index >= 15 is 0 Å². The molecule has 0 aliphatic carbocycles. The fourth-order valence-electron chi connectivity index (χ4n) is 1.54. The Morgan fingerprint density at radius 3 is 2.00 bits per heavy atom. The van der Waals surface area contributed by atoms with Crippen molar-refractivity contribution < 1.29 is 0 Å². The number of pyridine rings is 2. The molecular formula is C17H15I2N5. The molecule has 0 aliphatic heterocycles. The van der Waals surface area contributed by atoms with E-state index in [0.29, 0.717) is 11.1 Å². The van der Waals surface area contributed by atoms with Gasteiger partial charge in [0.25, 0.3) is 0 Å². The summed E-state index contributed by atoms with van der Waals surface area (Å²) >= 11 is 4.33.